The highest BCUT2D eigenvalue weighted by Crippen LogP contribution is 2.21. The van der Waals surface area contributed by atoms with E-state index in [2.05, 4.69) is 17.2 Å². The van der Waals surface area contributed by atoms with Crippen LogP contribution in [0.2, 0.25) is 0 Å². The number of aromatic nitrogens is 1. The molecule has 2 rings (SSSR count). The van der Waals surface area contributed by atoms with Gasteiger partial charge in [-0.1, -0.05) is 0 Å². The predicted molar refractivity (Wildman–Crippen MR) is 73.1 cm³/mol. The van der Waals surface area contributed by atoms with Gasteiger partial charge in [0.2, 0.25) is 10.0 Å². The van der Waals surface area contributed by atoms with Crippen LogP contribution in [0.25, 0.3) is 0 Å². The van der Waals surface area contributed by atoms with E-state index >= 15 is 0 Å². The Kier molecular flexibility index (Phi) is 4.37. The van der Waals surface area contributed by atoms with Crippen LogP contribution in [0.5, 0.6) is 0 Å². The first-order valence-corrected chi connectivity index (χ1v) is 8.81. The minimum absolute atomic E-state index is 0.0856. The average molecular weight is 289 g/mol. The van der Waals surface area contributed by atoms with E-state index in [9.17, 15) is 8.42 Å². The van der Waals surface area contributed by atoms with Crippen molar-refractivity contribution >= 4 is 21.4 Å². The highest BCUT2D eigenvalue weighted by atomic mass is 32.2. The second kappa shape index (κ2) is 5.64. The minimum Gasteiger partial charge on any atom is -0.307 e. The molecule has 0 radical (unpaired) electrons. The zero-order valence-electron chi connectivity index (χ0n) is 10.7. The molecule has 0 amide bonds. The molecule has 5 nitrogen and oxygen atoms in total. The molecule has 7 heteroatoms. The first-order valence-electron chi connectivity index (χ1n) is 6.08. The first-order chi connectivity index (χ1) is 8.48. The maximum atomic E-state index is 11.6. The molecule has 18 heavy (non-hydrogen) atoms. The molecule has 102 valence electrons. The van der Waals surface area contributed by atoms with Crippen molar-refractivity contribution in [3.63, 3.8) is 0 Å². The summed E-state index contributed by atoms with van der Waals surface area (Å²) in [6, 6.07) is 0.259. The van der Waals surface area contributed by atoms with E-state index in [4.69, 9.17) is 0 Å². The summed E-state index contributed by atoms with van der Waals surface area (Å²) in [5.74, 6) is 0. The summed E-state index contributed by atoms with van der Waals surface area (Å²) in [4.78, 5) is 4.25. The predicted octanol–water partition coefficient (Wildman–Crippen LogP) is 1.22. The molecule has 1 N–H and O–H groups in total. The second-order valence-electron chi connectivity index (χ2n) is 4.67. The lowest BCUT2D eigenvalue weighted by Crippen LogP contribution is -2.41. The molecule has 0 spiro atoms. The Labute approximate surface area is 112 Å². The van der Waals surface area contributed by atoms with Crippen molar-refractivity contribution < 1.29 is 8.42 Å². The summed E-state index contributed by atoms with van der Waals surface area (Å²) < 4.78 is 24.8. The molecule has 1 aliphatic rings. The molecule has 0 aliphatic carbocycles. The normalized spacial score (nSPS) is 23.3. The Balaban J connectivity index is 1.90. The van der Waals surface area contributed by atoms with E-state index in [-0.39, 0.29) is 12.1 Å². The van der Waals surface area contributed by atoms with Gasteiger partial charge in [0.15, 0.2) is 0 Å². The molecular formula is C11H19N3O2S2. The van der Waals surface area contributed by atoms with Crippen LogP contribution in [-0.4, -0.2) is 43.1 Å². The molecule has 1 aromatic heterocycles. The molecule has 1 aliphatic heterocycles. The van der Waals surface area contributed by atoms with Crippen LogP contribution < -0.4 is 5.32 Å². The number of rotatable bonds is 5. The molecule has 1 unspecified atom stereocenters. The molecule has 0 bridgehead atoms. The van der Waals surface area contributed by atoms with Gasteiger partial charge in [0.1, 0.15) is 5.01 Å². The fourth-order valence-corrected chi connectivity index (χ4v) is 4.15. The Morgan fingerprint density at radius 3 is 3.06 bits per heavy atom. The van der Waals surface area contributed by atoms with Crippen LogP contribution >= 0.6 is 11.3 Å². The first kappa shape index (κ1) is 13.9. The van der Waals surface area contributed by atoms with Crippen molar-refractivity contribution in [2.45, 2.75) is 31.8 Å². The highest BCUT2D eigenvalue weighted by molar-refractivity contribution is 7.88. The van der Waals surface area contributed by atoms with Crippen LogP contribution in [0.1, 0.15) is 30.8 Å². The third-order valence-corrected chi connectivity index (χ3v) is 5.52. The zero-order valence-corrected chi connectivity index (χ0v) is 12.3. The number of hydrogen-bond acceptors (Lipinski definition) is 5. The smallest absolute Gasteiger partial charge is 0.211 e. The summed E-state index contributed by atoms with van der Waals surface area (Å²) >= 11 is 1.61. The van der Waals surface area contributed by atoms with Crippen molar-refractivity contribution in [2.24, 2.45) is 0 Å². The lowest BCUT2D eigenvalue weighted by Gasteiger charge is -2.23. The minimum atomic E-state index is -3.07. The van der Waals surface area contributed by atoms with E-state index in [1.165, 1.54) is 6.26 Å². The number of thiazole rings is 1. The SMILES string of the molecule is CC(NC[C@H]1CCCN1S(C)(=O)=O)c1nccs1. The van der Waals surface area contributed by atoms with Crippen molar-refractivity contribution in [2.75, 3.05) is 19.3 Å². The zero-order chi connectivity index (χ0) is 13.2. The Bertz CT molecular complexity index is 472. The Hall–Kier alpha value is -0.500. The number of nitrogens with one attached hydrogen (secondary N) is 1. The van der Waals surface area contributed by atoms with Gasteiger partial charge in [-0.25, -0.2) is 13.4 Å². The summed E-state index contributed by atoms with van der Waals surface area (Å²) in [5.41, 5.74) is 0. The molecule has 2 atom stereocenters. The van der Waals surface area contributed by atoms with E-state index in [0.717, 1.165) is 17.8 Å². The van der Waals surface area contributed by atoms with Crippen molar-refractivity contribution in [3.05, 3.63) is 16.6 Å². The van der Waals surface area contributed by atoms with Gasteiger partial charge in [0.05, 0.1) is 12.3 Å². The summed E-state index contributed by atoms with van der Waals surface area (Å²) in [7, 11) is -3.07. The summed E-state index contributed by atoms with van der Waals surface area (Å²) in [6.07, 6.45) is 4.96. The van der Waals surface area contributed by atoms with E-state index in [0.29, 0.717) is 13.1 Å². The van der Waals surface area contributed by atoms with Crippen LogP contribution in [0, 0.1) is 0 Å². The van der Waals surface area contributed by atoms with Gasteiger partial charge in [-0.15, -0.1) is 11.3 Å². The Morgan fingerprint density at radius 2 is 2.44 bits per heavy atom. The molecule has 1 saturated heterocycles. The summed E-state index contributed by atoms with van der Waals surface area (Å²) in [6.45, 7) is 3.39. The van der Waals surface area contributed by atoms with Crippen LogP contribution in [0.3, 0.4) is 0 Å². The van der Waals surface area contributed by atoms with Gasteiger partial charge < -0.3 is 5.32 Å². The molecule has 0 saturated carbocycles. The lowest BCUT2D eigenvalue weighted by atomic mass is 10.2. The van der Waals surface area contributed by atoms with Gasteiger partial charge in [-0.05, 0) is 19.8 Å². The highest BCUT2D eigenvalue weighted by Gasteiger charge is 2.31. The van der Waals surface area contributed by atoms with Gasteiger partial charge in [0.25, 0.3) is 0 Å². The maximum absolute atomic E-state index is 11.6. The van der Waals surface area contributed by atoms with E-state index in [1.807, 2.05) is 5.38 Å². The summed E-state index contributed by atoms with van der Waals surface area (Å²) in [5, 5.41) is 6.36. The van der Waals surface area contributed by atoms with Crippen molar-refractivity contribution in [1.29, 1.82) is 0 Å². The number of nitrogens with zero attached hydrogens (tertiary/aromatic N) is 2. The quantitative estimate of drug-likeness (QED) is 0.885. The number of hydrogen-bond donors (Lipinski definition) is 1. The molecule has 1 fully saturated rings. The monoisotopic (exact) mass is 289 g/mol. The Morgan fingerprint density at radius 1 is 1.67 bits per heavy atom. The van der Waals surface area contributed by atoms with Gasteiger partial charge in [-0.2, -0.15) is 4.31 Å². The largest absolute Gasteiger partial charge is 0.307 e. The fraction of sp³-hybridized carbons (Fsp3) is 0.727. The third kappa shape index (κ3) is 3.28. The molecule has 0 aromatic carbocycles. The third-order valence-electron chi connectivity index (χ3n) is 3.23. The topological polar surface area (TPSA) is 62.3 Å². The van der Waals surface area contributed by atoms with E-state index < -0.39 is 10.0 Å². The van der Waals surface area contributed by atoms with Gasteiger partial charge in [0, 0.05) is 30.7 Å². The van der Waals surface area contributed by atoms with Crippen LogP contribution in [-0.2, 0) is 10.0 Å². The lowest BCUT2D eigenvalue weighted by molar-refractivity contribution is 0.363. The van der Waals surface area contributed by atoms with Crippen LogP contribution in [0.15, 0.2) is 11.6 Å². The molecule has 1 aromatic rings. The van der Waals surface area contributed by atoms with Crippen LogP contribution in [0.4, 0.5) is 0 Å². The van der Waals surface area contributed by atoms with E-state index in [1.54, 1.807) is 21.8 Å². The van der Waals surface area contributed by atoms with Gasteiger partial charge in [-0.3, -0.25) is 0 Å². The number of sulfonamides is 1. The molecular weight excluding hydrogens is 270 g/mol. The second-order valence-corrected chi connectivity index (χ2v) is 7.53. The fourth-order valence-electron chi connectivity index (χ4n) is 2.30. The van der Waals surface area contributed by atoms with Gasteiger partial charge >= 0.3 is 0 Å². The maximum Gasteiger partial charge on any atom is 0.211 e. The molecule has 2 heterocycles. The standard InChI is InChI=1S/C11H19N3O2S2/c1-9(11-12-5-7-17-11)13-8-10-4-3-6-14(10)18(2,15)16/h5,7,9-10,13H,3-4,6,8H2,1-2H3/t9?,10-/m1/s1. The van der Waals surface area contributed by atoms with Crippen molar-refractivity contribution in [1.82, 2.24) is 14.6 Å². The van der Waals surface area contributed by atoms with Crippen molar-refractivity contribution in [3.8, 4) is 0 Å². The average Bonchev–Trinajstić information content (AvgIpc) is 2.95.